The van der Waals surface area contributed by atoms with E-state index in [4.69, 9.17) is 5.73 Å². The second-order valence-corrected chi connectivity index (χ2v) is 10.5. The Kier molecular flexibility index (Phi) is 6.72. The van der Waals surface area contributed by atoms with Crippen molar-refractivity contribution in [3.8, 4) is 0 Å². The first-order chi connectivity index (χ1) is 18.9. The zero-order chi connectivity index (χ0) is 27.1. The van der Waals surface area contributed by atoms with Crippen molar-refractivity contribution >= 4 is 17.1 Å². The highest BCUT2D eigenvalue weighted by molar-refractivity contribution is 5.77. The van der Waals surface area contributed by atoms with Crippen LogP contribution in [0.3, 0.4) is 0 Å². The predicted octanol–water partition coefficient (Wildman–Crippen LogP) is 4.31. The molecule has 1 saturated heterocycles. The van der Waals surface area contributed by atoms with Crippen LogP contribution in [0.2, 0.25) is 0 Å². The molecule has 1 aliphatic carbocycles. The van der Waals surface area contributed by atoms with Gasteiger partial charge in [-0.05, 0) is 61.1 Å². The number of halogens is 2. The quantitative estimate of drug-likeness (QED) is 0.381. The Labute approximate surface area is 223 Å². The average molecular weight is 533 g/mol. The minimum absolute atomic E-state index is 0.0142. The number of nitrogens with one attached hydrogen (secondary N) is 1. The van der Waals surface area contributed by atoms with Gasteiger partial charge in [0.25, 0.3) is 0 Å². The minimum Gasteiger partial charge on any atom is -0.343 e. The number of rotatable bonds is 4. The van der Waals surface area contributed by atoms with Gasteiger partial charge in [-0.25, -0.2) is 18.6 Å². The molecule has 1 aromatic carbocycles. The van der Waals surface area contributed by atoms with Crippen molar-refractivity contribution in [2.75, 3.05) is 13.1 Å². The fraction of sp³-hybridized carbons (Fsp3) is 0.379. The number of aromatic nitrogens is 4. The van der Waals surface area contributed by atoms with Crippen LogP contribution in [-0.4, -0.2) is 43.4 Å². The number of nitrogens with zero attached hydrogens (tertiary/aromatic N) is 4. The molecule has 202 valence electrons. The first-order valence-corrected chi connectivity index (χ1v) is 13.4. The third-order valence-corrected chi connectivity index (χ3v) is 8.35. The lowest BCUT2D eigenvalue weighted by molar-refractivity contribution is -0.133. The van der Waals surface area contributed by atoms with Crippen LogP contribution in [0.1, 0.15) is 72.8 Å². The average Bonchev–Trinajstić information content (AvgIpc) is 3.23. The van der Waals surface area contributed by atoms with E-state index in [1.54, 1.807) is 29.1 Å². The Morgan fingerprint density at radius 2 is 1.72 bits per heavy atom. The summed E-state index contributed by atoms with van der Waals surface area (Å²) in [5.74, 6) is -2.35. The van der Waals surface area contributed by atoms with Gasteiger partial charge in [0.2, 0.25) is 5.91 Å². The molecule has 4 aromatic rings. The van der Waals surface area contributed by atoms with Gasteiger partial charge in [-0.1, -0.05) is 18.2 Å². The number of benzene rings is 1. The van der Waals surface area contributed by atoms with Gasteiger partial charge in [-0.3, -0.25) is 19.3 Å². The summed E-state index contributed by atoms with van der Waals surface area (Å²) in [7, 11) is 0. The lowest BCUT2D eigenvalue weighted by atomic mass is 9.86. The molecular formula is C29H30F2N6O2. The molecule has 6 rings (SSSR count). The molecular weight excluding hydrogens is 502 g/mol. The molecule has 1 amide bonds. The minimum atomic E-state index is -0.892. The number of imidazole rings is 1. The van der Waals surface area contributed by atoms with Gasteiger partial charge in [0.15, 0.2) is 17.3 Å². The van der Waals surface area contributed by atoms with Crippen molar-refractivity contribution < 1.29 is 13.6 Å². The van der Waals surface area contributed by atoms with Crippen molar-refractivity contribution in [1.82, 2.24) is 24.4 Å². The second kappa shape index (κ2) is 10.3. The first-order valence-electron chi connectivity index (χ1n) is 13.4. The Hall–Kier alpha value is -3.92. The van der Waals surface area contributed by atoms with E-state index in [1.165, 1.54) is 6.07 Å². The van der Waals surface area contributed by atoms with Crippen LogP contribution >= 0.6 is 0 Å². The maximum atomic E-state index is 14.7. The van der Waals surface area contributed by atoms with Gasteiger partial charge in [0.05, 0.1) is 5.52 Å². The van der Waals surface area contributed by atoms with Gasteiger partial charge in [0.1, 0.15) is 0 Å². The summed E-state index contributed by atoms with van der Waals surface area (Å²) >= 11 is 0. The summed E-state index contributed by atoms with van der Waals surface area (Å²) < 4.78 is 30.5. The molecule has 0 bridgehead atoms. The highest BCUT2D eigenvalue weighted by Gasteiger charge is 2.35. The third kappa shape index (κ3) is 4.63. The molecule has 8 nitrogen and oxygen atoms in total. The number of piperidine rings is 1. The zero-order valence-electron chi connectivity index (χ0n) is 21.4. The van der Waals surface area contributed by atoms with Crippen LogP contribution in [0.15, 0.2) is 59.7 Å². The number of fused-ring (bicyclic) bond motifs is 2. The van der Waals surface area contributed by atoms with Crippen LogP contribution in [-0.2, 0) is 4.79 Å². The number of carbonyl (C=O) groups excluding carboxylic acids is 1. The number of hydrogen-bond donors (Lipinski definition) is 2. The third-order valence-electron chi connectivity index (χ3n) is 8.35. The Bertz CT molecular complexity index is 1580. The summed E-state index contributed by atoms with van der Waals surface area (Å²) in [5, 5.41) is 0. The normalized spacial score (nSPS) is 22.0. The number of carbonyl (C=O) groups is 1. The summed E-state index contributed by atoms with van der Waals surface area (Å²) in [6.07, 6.45) is 6.02. The molecule has 1 fully saturated rings. The van der Waals surface area contributed by atoms with Gasteiger partial charge in [-0.15, -0.1) is 0 Å². The summed E-state index contributed by atoms with van der Waals surface area (Å²) in [4.78, 5) is 39.5. The van der Waals surface area contributed by atoms with Crippen molar-refractivity contribution in [3.63, 3.8) is 0 Å². The number of pyridine rings is 2. The Morgan fingerprint density at radius 1 is 0.974 bits per heavy atom. The van der Waals surface area contributed by atoms with Crippen LogP contribution < -0.4 is 11.4 Å². The molecule has 3 N–H and O–H groups in total. The molecule has 1 aliphatic heterocycles. The molecule has 4 heterocycles. The monoisotopic (exact) mass is 532 g/mol. The fourth-order valence-corrected chi connectivity index (χ4v) is 6.36. The lowest BCUT2D eigenvalue weighted by Crippen LogP contribution is -2.41. The van der Waals surface area contributed by atoms with E-state index in [-0.39, 0.29) is 35.5 Å². The lowest BCUT2D eigenvalue weighted by Gasteiger charge is -2.33. The number of aromatic amines is 1. The maximum absolute atomic E-state index is 14.7. The standard InChI is InChI=1S/C29H30F2N6O2/c30-22-6-1-4-19(25(22)31)20-9-8-17(27-21(26(20)32)5-2-12-33-27)16-24(38)36-14-10-18(11-15-36)37-23-7-3-13-34-28(23)35-29(37)39/h1-7,12-13,17-18,20,26H,8-11,14-16,32H2,(H,34,35,39)/t17-,20+,26+/m1/s1. The predicted molar refractivity (Wildman–Crippen MR) is 142 cm³/mol. The maximum Gasteiger partial charge on any atom is 0.327 e. The number of amides is 1. The van der Waals surface area contributed by atoms with Crippen LogP contribution in [0.25, 0.3) is 11.2 Å². The molecule has 3 aromatic heterocycles. The zero-order valence-corrected chi connectivity index (χ0v) is 21.4. The van der Waals surface area contributed by atoms with Gasteiger partial charge in [-0.2, -0.15) is 0 Å². The molecule has 0 unspecified atom stereocenters. The fourth-order valence-electron chi connectivity index (χ4n) is 6.36. The van der Waals surface area contributed by atoms with Gasteiger partial charge < -0.3 is 10.6 Å². The largest absolute Gasteiger partial charge is 0.343 e. The number of H-pyrrole nitrogens is 1. The van der Waals surface area contributed by atoms with Crippen molar-refractivity contribution in [2.45, 2.75) is 56.0 Å². The number of nitrogens with two attached hydrogens (primary N) is 1. The number of likely N-dealkylation sites (tertiary alicyclic amines) is 1. The molecule has 0 radical (unpaired) electrons. The molecule has 0 saturated carbocycles. The van der Waals surface area contributed by atoms with Crippen molar-refractivity contribution in [1.29, 1.82) is 0 Å². The highest BCUT2D eigenvalue weighted by atomic mass is 19.2. The number of hydrogen-bond acceptors (Lipinski definition) is 5. The SMILES string of the molecule is N[C@@H]1c2cccnc2[C@@H](CC(=O)N2CCC(n3c(=O)[nH]c4ncccc43)CC2)CC[C@H]1c1cccc(F)c1F. The van der Waals surface area contributed by atoms with Crippen LogP contribution in [0.4, 0.5) is 8.78 Å². The van der Waals surface area contributed by atoms with Crippen molar-refractivity contribution in [3.05, 3.63) is 93.8 Å². The highest BCUT2D eigenvalue weighted by Crippen LogP contribution is 2.44. The van der Waals surface area contributed by atoms with Crippen molar-refractivity contribution in [2.24, 2.45) is 5.73 Å². The van der Waals surface area contributed by atoms with E-state index >= 15 is 0 Å². The van der Waals surface area contributed by atoms with Crippen LogP contribution in [0.5, 0.6) is 0 Å². The van der Waals surface area contributed by atoms with Gasteiger partial charge >= 0.3 is 5.69 Å². The molecule has 39 heavy (non-hydrogen) atoms. The van der Waals surface area contributed by atoms with E-state index in [1.807, 2.05) is 23.1 Å². The molecule has 10 heteroatoms. The smallest absolute Gasteiger partial charge is 0.327 e. The van der Waals surface area contributed by atoms with Gasteiger partial charge in [0, 0.05) is 61.5 Å². The second-order valence-electron chi connectivity index (χ2n) is 10.5. The van der Waals surface area contributed by atoms with Crippen LogP contribution in [0, 0.1) is 11.6 Å². The molecule has 0 spiro atoms. The Balaban J connectivity index is 1.18. The summed E-state index contributed by atoms with van der Waals surface area (Å²) in [5.41, 5.74) is 9.57. The summed E-state index contributed by atoms with van der Waals surface area (Å²) in [6.45, 7) is 1.09. The van der Waals surface area contributed by atoms with E-state index in [2.05, 4.69) is 15.0 Å². The van der Waals surface area contributed by atoms with E-state index < -0.39 is 23.6 Å². The van der Waals surface area contributed by atoms with E-state index in [0.29, 0.717) is 44.4 Å². The van der Waals surface area contributed by atoms with E-state index in [9.17, 15) is 18.4 Å². The molecule has 2 aliphatic rings. The van der Waals surface area contributed by atoms with E-state index in [0.717, 1.165) is 22.8 Å². The summed E-state index contributed by atoms with van der Waals surface area (Å²) in [6, 6.07) is 11.0. The topological polar surface area (TPSA) is 110 Å². The molecule has 3 atom stereocenters. The first kappa shape index (κ1) is 25.4. The Morgan fingerprint density at radius 3 is 2.54 bits per heavy atom.